The second-order valence-electron chi connectivity index (χ2n) is 8.70. The molecule has 3 rings (SSSR count). The van der Waals surface area contributed by atoms with Crippen LogP contribution in [-0.4, -0.2) is 67.7 Å². The van der Waals surface area contributed by atoms with E-state index in [2.05, 4.69) is 11.4 Å². The summed E-state index contributed by atoms with van der Waals surface area (Å²) in [5.74, 6) is 0.977. The first-order valence-corrected chi connectivity index (χ1v) is 11.5. The first kappa shape index (κ1) is 24.1. The first-order valence-electron chi connectivity index (χ1n) is 10.7. The topological polar surface area (TPSA) is 68.3 Å². The van der Waals surface area contributed by atoms with Crippen molar-refractivity contribution in [2.24, 2.45) is 0 Å². The highest BCUT2D eigenvalue weighted by Crippen LogP contribution is 2.35. The zero-order valence-electron chi connectivity index (χ0n) is 19.4. The van der Waals surface area contributed by atoms with E-state index in [1.54, 1.807) is 23.3 Å². The number of hydrogen-bond acceptors (Lipinski definition) is 6. The van der Waals surface area contributed by atoms with Gasteiger partial charge in [0.05, 0.1) is 13.2 Å². The Morgan fingerprint density at radius 2 is 1.88 bits per heavy atom. The van der Waals surface area contributed by atoms with E-state index in [0.29, 0.717) is 24.7 Å². The zero-order valence-corrected chi connectivity index (χ0v) is 20.2. The third-order valence-electron chi connectivity index (χ3n) is 5.55. The number of rotatable bonds is 8. The quantitative estimate of drug-likeness (QED) is 0.603. The summed E-state index contributed by atoms with van der Waals surface area (Å²) >= 11 is 1.70. The van der Waals surface area contributed by atoms with E-state index in [9.17, 15) is 9.59 Å². The van der Waals surface area contributed by atoms with Gasteiger partial charge in [-0.05, 0) is 56.3 Å². The summed E-state index contributed by atoms with van der Waals surface area (Å²) in [6.45, 7) is 6.59. The maximum absolute atomic E-state index is 13.5. The molecule has 1 atom stereocenters. The minimum absolute atomic E-state index is 0.00365. The summed E-state index contributed by atoms with van der Waals surface area (Å²) in [5.41, 5.74) is 0.605. The number of methoxy groups -OCH3 is 2. The minimum atomic E-state index is -0.502. The fourth-order valence-electron chi connectivity index (χ4n) is 3.91. The lowest BCUT2D eigenvalue weighted by Gasteiger charge is -2.40. The lowest BCUT2D eigenvalue weighted by Crippen LogP contribution is -2.53. The third kappa shape index (κ3) is 5.42. The van der Waals surface area contributed by atoms with Crippen LogP contribution in [0, 0.1) is 0 Å². The Hall–Kier alpha value is -2.58. The van der Waals surface area contributed by atoms with Gasteiger partial charge < -0.3 is 24.0 Å². The number of thiophene rings is 1. The van der Waals surface area contributed by atoms with Crippen molar-refractivity contribution >= 4 is 23.2 Å². The van der Waals surface area contributed by atoms with Gasteiger partial charge in [-0.2, -0.15) is 0 Å². The van der Waals surface area contributed by atoms with E-state index in [1.807, 2.05) is 49.9 Å². The number of hydrogen-bond donors (Lipinski definition) is 0. The van der Waals surface area contributed by atoms with Crippen LogP contribution in [0.15, 0.2) is 35.7 Å². The second-order valence-corrected chi connectivity index (χ2v) is 9.70. The second kappa shape index (κ2) is 10.4. The molecule has 174 valence electrons. The van der Waals surface area contributed by atoms with Gasteiger partial charge in [0.25, 0.3) is 0 Å². The van der Waals surface area contributed by atoms with E-state index >= 15 is 0 Å². The molecular weight excluding hydrogens is 428 g/mol. The predicted octanol–water partition coefficient (Wildman–Crippen LogP) is 3.54. The Labute approximate surface area is 193 Å². The van der Waals surface area contributed by atoms with Gasteiger partial charge in [0.1, 0.15) is 19.8 Å². The summed E-state index contributed by atoms with van der Waals surface area (Å²) in [6, 6.07) is 9.30. The molecule has 1 aromatic carbocycles. The number of nitrogens with zero attached hydrogens (tertiary/aromatic N) is 2. The van der Waals surface area contributed by atoms with Gasteiger partial charge in [0, 0.05) is 24.1 Å². The van der Waals surface area contributed by atoms with Crippen LogP contribution >= 0.6 is 11.3 Å². The Balaban J connectivity index is 1.81. The fraction of sp³-hybridized carbons (Fsp3) is 0.500. The molecule has 0 aliphatic carbocycles. The van der Waals surface area contributed by atoms with Crippen LogP contribution < -0.4 is 9.47 Å². The number of ether oxygens (including phenoxy) is 3. The lowest BCUT2D eigenvalue weighted by atomic mass is 10.00. The Morgan fingerprint density at radius 3 is 2.53 bits per heavy atom. The monoisotopic (exact) mass is 460 g/mol. The lowest BCUT2D eigenvalue weighted by molar-refractivity contribution is -0.148. The molecule has 7 nitrogen and oxygen atoms in total. The Kier molecular flexibility index (Phi) is 7.79. The molecule has 0 saturated heterocycles. The molecular formula is C24H32N2O5S. The zero-order chi connectivity index (χ0) is 23.3. The van der Waals surface area contributed by atoms with Crippen molar-refractivity contribution in [3.63, 3.8) is 0 Å². The fourth-order valence-corrected chi connectivity index (χ4v) is 4.84. The van der Waals surface area contributed by atoms with E-state index in [-0.39, 0.29) is 31.0 Å². The predicted molar refractivity (Wildman–Crippen MR) is 124 cm³/mol. The van der Waals surface area contributed by atoms with Gasteiger partial charge in [-0.3, -0.25) is 9.59 Å². The maximum atomic E-state index is 13.5. The van der Waals surface area contributed by atoms with Crippen LogP contribution in [0.25, 0.3) is 0 Å². The summed E-state index contributed by atoms with van der Waals surface area (Å²) in [4.78, 5) is 30.8. The van der Waals surface area contributed by atoms with Crippen LogP contribution in [0.4, 0.5) is 0 Å². The third-order valence-corrected chi connectivity index (χ3v) is 6.55. The van der Waals surface area contributed by atoms with Crippen molar-refractivity contribution in [2.75, 3.05) is 40.5 Å². The summed E-state index contributed by atoms with van der Waals surface area (Å²) in [7, 11) is 3.09. The highest BCUT2D eigenvalue weighted by atomic mass is 32.1. The van der Waals surface area contributed by atoms with Crippen molar-refractivity contribution in [1.29, 1.82) is 0 Å². The Morgan fingerprint density at radius 1 is 1.16 bits per heavy atom. The number of amides is 2. The van der Waals surface area contributed by atoms with Crippen molar-refractivity contribution < 1.29 is 23.8 Å². The van der Waals surface area contributed by atoms with Crippen LogP contribution in [0.3, 0.4) is 0 Å². The van der Waals surface area contributed by atoms with Gasteiger partial charge in [0.15, 0.2) is 11.5 Å². The van der Waals surface area contributed by atoms with Gasteiger partial charge in [-0.1, -0.05) is 12.1 Å². The smallest absolute Gasteiger partial charge is 0.249 e. The summed E-state index contributed by atoms with van der Waals surface area (Å²) in [5, 5.41) is 2.05. The number of carbonyl (C=O) groups is 2. The summed E-state index contributed by atoms with van der Waals surface area (Å²) in [6.07, 6.45) is 0.797. The Bertz CT molecular complexity index is 936. The van der Waals surface area contributed by atoms with E-state index in [1.165, 1.54) is 12.0 Å². The average Bonchev–Trinajstić information content (AvgIpc) is 3.24. The van der Waals surface area contributed by atoms with Crippen LogP contribution in [0.5, 0.6) is 11.5 Å². The molecule has 0 fully saturated rings. The molecule has 0 N–H and O–H groups in total. The molecule has 32 heavy (non-hydrogen) atoms. The van der Waals surface area contributed by atoms with Crippen LogP contribution in [-0.2, 0) is 20.7 Å². The van der Waals surface area contributed by atoms with E-state index < -0.39 is 5.54 Å². The summed E-state index contributed by atoms with van der Waals surface area (Å²) < 4.78 is 16.5. The number of benzene rings is 1. The van der Waals surface area contributed by atoms with Crippen LogP contribution in [0.1, 0.15) is 37.3 Å². The van der Waals surface area contributed by atoms with Gasteiger partial charge in [0.2, 0.25) is 11.8 Å². The van der Waals surface area contributed by atoms with Crippen molar-refractivity contribution in [1.82, 2.24) is 9.80 Å². The number of fused-ring (bicyclic) bond motifs is 1. The molecule has 1 aliphatic heterocycles. The molecule has 0 radical (unpaired) electrons. The molecule has 2 heterocycles. The molecule has 0 saturated carbocycles. The van der Waals surface area contributed by atoms with Crippen LogP contribution in [0.2, 0.25) is 0 Å². The average molecular weight is 461 g/mol. The van der Waals surface area contributed by atoms with Gasteiger partial charge in [-0.15, -0.1) is 11.3 Å². The molecule has 0 bridgehead atoms. The maximum Gasteiger partial charge on any atom is 0.249 e. The molecule has 2 amide bonds. The van der Waals surface area contributed by atoms with E-state index in [0.717, 1.165) is 12.0 Å². The molecule has 0 spiro atoms. The van der Waals surface area contributed by atoms with E-state index in [4.69, 9.17) is 14.2 Å². The minimum Gasteiger partial charge on any atom is -0.493 e. The number of para-hydroxylation sites is 2. The first-order chi connectivity index (χ1) is 15.3. The van der Waals surface area contributed by atoms with Crippen molar-refractivity contribution in [3.8, 4) is 11.5 Å². The molecule has 1 aliphatic rings. The highest BCUT2D eigenvalue weighted by molar-refractivity contribution is 7.10. The number of carbonyl (C=O) groups excluding carboxylic acids is 2. The molecule has 1 aromatic heterocycles. The van der Waals surface area contributed by atoms with Crippen molar-refractivity contribution in [2.45, 2.75) is 38.8 Å². The molecule has 0 unspecified atom stereocenters. The van der Waals surface area contributed by atoms with Gasteiger partial charge >= 0.3 is 0 Å². The van der Waals surface area contributed by atoms with Crippen molar-refractivity contribution in [3.05, 3.63) is 46.2 Å². The standard InChI is InChI=1S/C24H32N2O5S/c1-24(2,3)26(23(28)16-29-4)14-22(27)25-12-10-21-17(11-13-32-21)18(25)15-31-20-9-7-6-8-19(20)30-5/h6-9,11,13,18H,10,12,14-16H2,1-5H3/t18-/m1/s1. The molecule has 2 aromatic rings. The SMILES string of the molecule is COCC(=O)N(CC(=O)N1CCc2sccc2[C@H]1COc1ccccc1OC)C(C)(C)C. The highest BCUT2D eigenvalue weighted by Gasteiger charge is 2.36. The molecule has 8 heteroatoms. The van der Waals surface area contributed by atoms with Gasteiger partial charge in [-0.25, -0.2) is 0 Å². The normalized spacial score (nSPS) is 15.8. The largest absolute Gasteiger partial charge is 0.493 e.